The summed E-state index contributed by atoms with van der Waals surface area (Å²) in [5, 5.41) is 6.02. The lowest BCUT2D eigenvalue weighted by Crippen LogP contribution is -2.60. The zero-order valence-corrected chi connectivity index (χ0v) is 29.5. The minimum atomic E-state index is -4.03. The number of anilines is 1. The van der Waals surface area contributed by atoms with Crippen LogP contribution in [0.5, 0.6) is 0 Å². The number of likely N-dealkylation sites (N-methyl/N-ethyl adjacent to an activating group) is 1. The highest BCUT2D eigenvalue weighted by molar-refractivity contribution is 7.89. The van der Waals surface area contributed by atoms with Gasteiger partial charge in [0, 0.05) is 19.4 Å². The fourth-order valence-electron chi connectivity index (χ4n) is 6.27. The van der Waals surface area contributed by atoms with Gasteiger partial charge < -0.3 is 20.1 Å². The first-order valence-corrected chi connectivity index (χ1v) is 17.8. The maximum atomic E-state index is 14.0. The van der Waals surface area contributed by atoms with Gasteiger partial charge in [-0.25, -0.2) is 22.9 Å². The van der Waals surface area contributed by atoms with Crippen molar-refractivity contribution in [1.82, 2.24) is 14.9 Å². The van der Waals surface area contributed by atoms with Gasteiger partial charge in [-0.3, -0.25) is 9.59 Å². The molecule has 2 aromatic carbocycles. The largest absolute Gasteiger partial charge is 0.467 e. The van der Waals surface area contributed by atoms with Crippen LogP contribution in [0, 0.1) is 12.8 Å². The summed E-state index contributed by atoms with van der Waals surface area (Å²) >= 11 is 0. The third-order valence-electron chi connectivity index (χ3n) is 9.05. The molecule has 0 aromatic heterocycles. The van der Waals surface area contributed by atoms with Gasteiger partial charge in [-0.1, -0.05) is 42.7 Å². The number of nitrogens with zero attached hydrogens (tertiary/aromatic N) is 2. The van der Waals surface area contributed by atoms with E-state index in [1.807, 2.05) is 6.92 Å². The standard InChI is InChI=1S/C35H48N4O8S/c1-24-9-15-28(16-10-24)48(44,45)38(5)35(19-7-8-20-35)32(42)37-29(31(41)46-6)23-25-11-13-27(14-12-25)39(33(43)47-34(2,3)4)30(40)26-17-21-36-22-18-26/h9-16,26,29,36H,7-8,17-23H2,1-6H3,(H,37,42)/t29-/m0/s1. The van der Waals surface area contributed by atoms with Crippen LogP contribution in [0.25, 0.3) is 0 Å². The van der Waals surface area contributed by atoms with E-state index < -0.39 is 45.2 Å². The number of aryl methyl sites for hydroxylation is 1. The molecule has 1 atom stereocenters. The van der Waals surface area contributed by atoms with Gasteiger partial charge in [0.1, 0.15) is 17.2 Å². The van der Waals surface area contributed by atoms with E-state index in [0.29, 0.717) is 62.9 Å². The molecule has 0 unspecified atom stereocenters. The fourth-order valence-corrected chi connectivity index (χ4v) is 7.79. The van der Waals surface area contributed by atoms with Crippen molar-refractivity contribution in [2.24, 2.45) is 5.92 Å². The molecule has 2 N–H and O–H groups in total. The molecule has 0 bridgehead atoms. The summed E-state index contributed by atoms with van der Waals surface area (Å²) in [6.07, 6.45) is 2.34. The number of benzene rings is 2. The molecule has 262 valence electrons. The van der Waals surface area contributed by atoms with E-state index in [1.54, 1.807) is 57.2 Å². The summed E-state index contributed by atoms with van der Waals surface area (Å²) in [6, 6.07) is 11.9. The van der Waals surface area contributed by atoms with Crippen LogP contribution in [-0.2, 0) is 40.3 Å². The predicted octanol–water partition coefficient (Wildman–Crippen LogP) is 4.10. The van der Waals surface area contributed by atoms with Crippen LogP contribution in [0.1, 0.15) is 70.4 Å². The van der Waals surface area contributed by atoms with Crippen LogP contribution >= 0.6 is 0 Å². The van der Waals surface area contributed by atoms with Gasteiger partial charge in [0.2, 0.25) is 21.8 Å². The van der Waals surface area contributed by atoms with Crippen molar-refractivity contribution in [3.05, 3.63) is 59.7 Å². The number of amides is 3. The number of ether oxygens (including phenoxy) is 2. The number of methoxy groups -OCH3 is 1. The molecule has 1 aliphatic heterocycles. The summed E-state index contributed by atoms with van der Waals surface area (Å²) in [4.78, 5) is 54.9. The Kier molecular flexibility index (Phi) is 11.7. The second-order valence-corrected chi connectivity index (χ2v) is 15.6. The molecule has 4 rings (SSSR count). The molecule has 3 amide bonds. The molecule has 1 saturated carbocycles. The van der Waals surface area contributed by atoms with Crippen molar-refractivity contribution >= 4 is 39.6 Å². The van der Waals surface area contributed by atoms with Crippen molar-refractivity contribution in [2.45, 2.75) is 94.7 Å². The topological polar surface area (TPSA) is 151 Å². The van der Waals surface area contributed by atoms with Crippen LogP contribution in [-0.4, -0.2) is 81.0 Å². The van der Waals surface area contributed by atoms with Crippen LogP contribution in [0.15, 0.2) is 53.4 Å². The summed E-state index contributed by atoms with van der Waals surface area (Å²) in [5.41, 5.74) is -0.357. The van der Waals surface area contributed by atoms with Gasteiger partial charge in [0.25, 0.3) is 0 Å². The van der Waals surface area contributed by atoms with E-state index in [0.717, 1.165) is 14.8 Å². The number of carbonyl (C=O) groups excluding carboxylic acids is 4. The summed E-state index contributed by atoms with van der Waals surface area (Å²) < 4.78 is 39.1. The summed E-state index contributed by atoms with van der Waals surface area (Å²) in [6.45, 7) is 8.40. The number of imide groups is 1. The second-order valence-electron chi connectivity index (χ2n) is 13.6. The fraction of sp³-hybridized carbons (Fsp3) is 0.543. The Labute approximate surface area is 283 Å². The lowest BCUT2D eigenvalue weighted by atomic mass is 9.95. The first-order valence-electron chi connectivity index (χ1n) is 16.4. The van der Waals surface area contributed by atoms with E-state index >= 15 is 0 Å². The SMILES string of the molecule is COC(=O)[C@H](Cc1ccc(N(C(=O)OC(C)(C)C)C(=O)C2CCNCC2)cc1)NC(=O)C1(N(C)S(=O)(=O)c2ccc(C)cc2)CCCC1. The van der Waals surface area contributed by atoms with Crippen LogP contribution < -0.4 is 15.5 Å². The Hall–Kier alpha value is -3.81. The Morgan fingerprint density at radius 1 is 0.979 bits per heavy atom. The van der Waals surface area contributed by atoms with Gasteiger partial charge >= 0.3 is 12.1 Å². The van der Waals surface area contributed by atoms with E-state index in [-0.39, 0.29) is 23.1 Å². The van der Waals surface area contributed by atoms with Gasteiger partial charge in [-0.05, 0) is 96.3 Å². The normalized spacial score (nSPS) is 17.4. The molecule has 12 nitrogen and oxygen atoms in total. The molecule has 1 saturated heterocycles. The van der Waals surface area contributed by atoms with E-state index in [2.05, 4.69) is 10.6 Å². The molecule has 2 aliphatic rings. The first-order chi connectivity index (χ1) is 22.6. The average molecular weight is 685 g/mol. The number of nitrogens with one attached hydrogen (secondary N) is 2. The quantitative estimate of drug-likeness (QED) is 0.353. The van der Waals surface area contributed by atoms with Crippen molar-refractivity contribution in [3.8, 4) is 0 Å². The number of rotatable bonds is 10. The van der Waals surface area contributed by atoms with Crippen molar-refractivity contribution in [3.63, 3.8) is 0 Å². The monoisotopic (exact) mass is 684 g/mol. The highest BCUT2D eigenvalue weighted by Crippen LogP contribution is 2.38. The minimum Gasteiger partial charge on any atom is -0.467 e. The number of piperidine rings is 1. The molecule has 13 heteroatoms. The molecule has 0 spiro atoms. The highest BCUT2D eigenvalue weighted by atomic mass is 32.2. The number of esters is 1. The van der Waals surface area contributed by atoms with Crippen molar-refractivity contribution in [1.29, 1.82) is 0 Å². The zero-order valence-electron chi connectivity index (χ0n) is 28.7. The smallest absolute Gasteiger partial charge is 0.421 e. The van der Waals surface area contributed by atoms with Gasteiger partial charge in [-0.2, -0.15) is 4.31 Å². The number of sulfonamides is 1. The molecule has 48 heavy (non-hydrogen) atoms. The first kappa shape index (κ1) is 37.0. The van der Waals surface area contributed by atoms with Crippen LogP contribution in [0.2, 0.25) is 0 Å². The third-order valence-corrected chi connectivity index (χ3v) is 11.0. The molecule has 2 aromatic rings. The Balaban J connectivity index is 1.57. The zero-order chi connectivity index (χ0) is 35.3. The Morgan fingerprint density at radius 3 is 2.10 bits per heavy atom. The Morgan fingerprint density at radius 2 is 1.56 bits per heavy atom. The number of hydrogen-bond acceptors (Lipinski definition) is 9. The van der Waals surface area contributed by atoms with E-state index in [4.69, 9.17) is 9.47 Å². The number of hydrogen-bond donors (Lipinski definition) is 2. The molecule has 1 heterocycles. The molecular formula is C35H48N4O8S. The van der Waals surface area contributed by atoms with Gasteiger partial charge in [-0.15, -0.1) is 0 Å². The Bertz CT molecular complexity index is 1570. The molecular weight excluding hydrogens is 636 g/mol. The molecule has 0 radical (unpaired) electrons. The van der Waals surface area contributed by atoms with E-state index in [1.165, 1.54) is 26.3 Å². The average Bonchev–Trinajstić information content (AvgIpc) is 3.55. The van der Waals surface area contributed by atoms with E-state index in [9.17, 15) is 27.6 Å². The maximum absolute atomic E-state index is 14.0. The third kappa shape index (κ3) is 8.42. The minimum absolute atomic E-state index is 0.0257. The lowest BCUT2D eigenvalue weighted by molar-refractivity contribution is -0.146. The van der Waals surface area contributed by atoms with Crippen LogP contribution in [0.4, 0.5) is 10.5 Å². The molecule has 1 aliphatic carbocycles. The number of carbonyl (C=O) groups is 4. The summed E-state index contributed by atoms with van der Waals surface area (Å²) in [5.74, 6) is -1.95. The lowest BCUT2D eigenvalue weighted by Gasteiger charge is -2.37. The maximum Gasteiger partial charge on any atom is 0.421 e. The van der Waals surface area contributed by atoms with Gasteiger partial charge in [0.05, 0.1) is 17.7 Å². The van der Waals surface area contributed by atoms with Crippen molar-refractivity contribution in [2.75, 3.05) is 32.1 Å². The molecule has 2 fully saturated rings. The highest BCUT2D eigenvalue weighted by Gasteiger charge is 2.50. The second kappa shape index (κ2) is 15.2. The predicted molar refractivity (Wildman–Crippen MR) is 181 cm³/mol. The van der Waals surface area contributed by atoms with Crippen molar-refractivity contribution < 1.29 is 37.1 Å². The van der Waals surface area contributed by atoms with Crippen LogP contribution in [0.3, 0.4) is 0 Å². The van der Waals surface area contributed by atoms with Gasteiger partial charge in [0.15, 0.2) is 0 Å². The summed E-state index contributed by atoms with van der Waals surface area (Å²) in [7, 11) is -1.40.